The second-order valence-corrected chi connectivity index (χ2v) is 6.73. The van der Waals surface area contributed by atoms with Crippen LogP contribution in [0.4, 0.5) is 4.39 Å². The highest BCUT2D eigenvalue weighted by Gasteiger charge is 2.32. The van der Waals surface area contributed by atoms with Gasteiger partial charge in [-0.15, -0.1) is 0 Å². The molecule has 10 heteroatoms. The van der Waals surface area contributed by atoms with Crippen LogP contribution in [0.25, 0.3) is 0 Å². The molecule has 1 rings (SSSR count). The van der Waals surface area contributed by atoms with Crippen LogP contribution in [-0.2, 0) is 14.8 Å². The third-order valence-corrected chi connectivity index (χ3v) is 4.57. The fraction of sp³-hybridized carbons (Fsp3) is 0.273. The Hall–Kier alpha value is -1.71. The number of aromatic carboxylic acids is 1. The van der Waals surface area contributed by atoms with Crippen molar-refractivity contribution < 1.29 is 27.5 Å². The molecule has 7 nitrogen and oxygen atoms in total. The summed E-state index contributed by atoms with van der Waals surface area (Å²) in [4.78, 5) is 21.4. The van der Waals surface area contributed by atoms with Crippen molar-refractivity contribution in [2.24, 2.45) is 5.73 Å². The summed E-state index contributed by atoms with van der Waals surface area (Å²) in [7, 11) is -4.37. The third kappa shape index (κ3) is 3.69. The van der Waals surface area contributed by atoms with E-state index in [0.29, 0.717) is 12.1 Å². The number of rotatable bonds is 5. The van der Waals surface area contributed by atoms with Crippen LogP contribution in [0.2, 0.25) is 5.02 Å². The van der Waals surface area contributed by atoms with Gasteiger partial charge in [0.25, 0.3) is 0 Å². The van der Waals surface area contributed by atoms with E-state index >= 15 is 0 Å². The van der Waals surface area contributed by atoms with Crippen LogP contribution >= 0.6 is 11.6 Å². The SMILES string of the molecule is CC(C)(NS(=O)(=O)c1cc(F)c(Cl)c(C(=O)O)c1)C(N)=O. The van der Waals surface area contributed by atoms with Crippen molar-refractivity contribution in [2.75, 3.05) is 0 Å². The Kier molecular flexibility index (Phi) is 4.61. The van der Waals surface area contributed by atoms with Crippen LogP contribution in [0.5, 0.6) is 0 Å². The lowest BCUT2D eigenvalue weighted by Gasteiger charge is -2.22. The van der Waals surface area contributed by atoms with Crippen molar-refractivity contribution >= 4 is 33.5 Å². The molecule has 0 aliphatic carbocycles. The fourth-order valence-electron chi connectivity index (χ4n) is 1.32. The van der Waals surface area contributed by atoms with E-state index in [1.165, 1.54) is 13.8 Å². The Morgan fingerprint density at radius 3 is 2.33 bits per heavy atom. The molecule has 1 aromatic carbocycles. The summed E-state index contributed by atoms with van der Waals surface area (Å²) in [5.74, 6) is -3.77. The van der Waals surface area contributed by atoms with Crippen molar-refractivity contribution in [1.29, 1.82) is 0 Å². The van der Waals surface area contributed by atoms with Gasteiger partial charge in [0.2, 0.25) is 15.9 Å². The maximum atomic E-state index is 13.5. The van der Waals surface area contributed by atoms with E-state index in [1.54, 1.807) is 0 Å². The summed E-state index contributed by atoms with van der Waals surface area (Å²) in [6.07, 6.45) is 0. The van der Waals surface area contributed by atoms with Gasteiger partial charge in [-0.3, -0.25) is 4.79 Å². The van der Waals surface area contributed by atoms with Gasteiger partial charge in [-0.25, -0.2) is 17.6 Å². The molecule has 0 heterocycles. The summed E-state index contributed by atoms with van der Waals surface area (Å²) in [6.45, 7) is 2.41. The summed E-state index contributed by atoms with van der Waals surface area (Å²) in [5, 5.41) is 8.15. The van der Waals surface area contributed by atoms with Crippen LogP contribution in [-0.4, -0.2) is 30.9 Å². The highest BCUT2D eigenvalue weighted by atomic mass is 35.5. The number of carboxylic acids is 1. The second kappa shape index (κ2) is 5.58. The summed E-state index contributed by atoms with van der Waals surface area (Å²) in [5.41, 5.74) is 2.68. The predicted octanol–water partition coefficient (Wildman–Crippen LogP) is 0.720. The monoisotopic (exact) mass is 338 g/mol. The van der Waals surface area contributed by atoms with E-state index in [9.17, 15) is 22.4 Å². The highest BCUT2D eigenvalue weighted by Crippen LogP contribution is 2.25. The molecular formula is C11H12ClFN2O5S. The number of primary amides is 1. The molecule has 0 saturated heterocycles. The van der Waals surface area contributed by atoms with Gasteiger partial charge in [-0.2, -0.15) is 4.72 Å². The summed E-state index contributed by atoms with van der Waals surface area (Å²) >= 11 is 5.45. The van der Waals surface area contributed by atoms with E-state index in [-0.39, 0.29) is 0 Å². The molecule has 116 valence electrons. The zero-order chi connectivity index (χ0) is 16.6. The summed E-state index contributed by atoms with van der Waals surface area (Å²) in [6, 6.07) is 1.24. The van der Waals surface area contributed by atoms with E-state index < -0.39 is 48.7 Å². The van der Waals surface area contributed by atoms with Gasteiger partial charge in [-0.05, 0) is 26.0 Å². The first-order valence-corrected chi connectivity index (χ1v) is 7.31. The standard InChI is InChI=1S/C11H12ClFN2O5S/c1-11(2,10(14)18)15-21(19,20)5-3-6(9(16)17)8(12)7(13)4-5/h3-4,15H,1-2H3,(H2,14,18)(H,16,17). The molecule has 1 aromatic rings. The van der Waals surface area contributed by atoms with Crippen LogP contribution in [0.1, 0.15) is 24.2 Å². The smallest absolute Gasteiger partial charge is 0.337 e. The molecule has 0 aromatic heterocycles. The quantitative estimate of drug-likeness (QED) is 0.729. The number of nitrogens with two attached hydrogens (primary N) is 1. The molecule has 0 radical (unpaired) electrons. The lowest BCUT2D eigenvalue weighted by molar-refractivity contribution is -0.122. The average molecular weight is 339 g/mol. The van der Waals surface area contributed by atoms with E-state index in [0.717, 1.165) is 0 Å². The van der Waals surface area contributed by atoms with Crippen molar-refractivity contribution in [3.63, 3.8) is 0 Å². The Bertz CT molecular complexity index is 718. The van der Waals surface area contributed by atoms with Crippen molar-refractivity contribution in [1.82, 2.24) is 4.72 Å². The molecule has 0 fully saturated rings. The minimum atomic E-state index is -4.37. The Morgan fingerprint density at radius 2 is 1.90 bits per heavy atom. The molecule has 0 atom stereocenters. The molecule has 21 heavy (non-hydrogen) atoms. The van der Waals surface area contributed by atoms with E-state index in [4.69, 9.17) is 22.4 Å². The maximum Gasteiger partial charge on any atom is 0.337 e. The number of carbonyl (C=O) groups excluding carboxylic acids is 1. The van der Waals surface area contributed by atoms with E-state index in [1.807, 2.05) is 4.72 Å². The van der Waals surface area contributed by atoms with Crippen LogP contribution < -0.4 is 10.5 Å². The van der Waals surface area contributed by atoms with Crippen molar-refractivity contribution in [2.45, 2.75) is 24.3 Å². The van der Waals surface area contributed by atoms with Crippen LogP contribution in [0, 0.1) is 5.82 Å². The van der Waals surface area contributed by atoms with Gasteiger partial charge < -0.3 is 10.8 Å². The number of hydrogen-bond donors (Lipinski definition) is 3. The van der Waals surface area contributed by atoms with Gasteiger partial charge in [0, 0.05) is 0 Å². The van der Waals surface area contributed by atoms with Crippen LogP contribution in [0.15, 0.2) is 17.0 Å². The van der Waals surface area contributed by atoms with Crippen LogP contribution in [0.3, 0.4) is 0 Å². The Morgan fingerprint density at radius 1 is 1.38 bits per heavy atom. The number of nitrogens with one attached hydrogen (secondary N) is 1. The molecule has 0 unspecified atom stereocenters. The fourth-order valence-corrected chi connectivity index (χ4v) is 2.93. The third-order valence-electron chi connectivity index (χ3n) is 2.55. The number of sulfonamides is 1. The normalized spacial score (nSPS) is 12.2. The van der Waals surface area contributed by atoms with Gasteiger partial charge in [0.1, 0.15) is 11.4 Å². The Balaban J connectivity index is 3.40. The first-order chi connectivity index (χ1) is 9.38. The maximum absolute atomic E-state index is 13.5. The highest BCUT2D eigenvalue weighted by molar-refractivity contribution is 7.89. The summed E-state index contributed by atoms with van der Waals surface area (Å²) < 4.78 is 39.6. The first kappa shape index (κ1) is 17.3. The first-order valence-electron chi connectivity index (χ1n) is 5.44. The van der Waals surface area contributed by atoms with Gasteiger partial charge in [-0.1, -0.05) is 11.6 Å². The van der Waals surface area contributed by atoms with Gasteiger partial charge >= 0.3 is 5.97 Å². The molecule has 0 spiro atoms. The number of halogens is 2. The number of benzene rings is 1. The minimum absolute atomic E-state index is 0.550. The molecule has 0 aliphatic heterocycles. The van der Waals surface area contributed by atoms with Crippen molar-refractivity contribution in [3.05, 3.63) is 28.5 Å². The largest absolute Gasteiger partial charge is 0.478 e. The molecule has 0 bridgehead atoms. The zero-order valence-corrected chi connectivity index (χ0v) is 12.5. The molecular weight excluding hydrogens is 327 g/mol. The second-order valence-electron chi connectivity index (χ2n) is 4.67. The number of carboxylic acid groups (broad SMARTS) is 1. The topological polar surface area (TPSA) is 127 Å². The van der Waals surface area contributed by atoms with Gasteiger partial charge in [0.05, 0.1) is 15.5 Å². The lowest BCUT2D eigenvalue weighted by Crippen LogP contribution is -2.52. The average Bonchev–Trinajstić information content (AvgIpc) is 2.30. The van der Waals surface area contributed by atoms with E-state index in [2.05, 4.69) is 0 Å². The zero-order valence-electron chi connectivity index (χ0n) is 11.0. The van der Waals surface area contributed by atoms with Gasteiger partial charge in [0.15, 0.2) is 0 Å². The Labute approximate surface area is 124 Å². The number of hydrogen-bond acceptors (Lipinski definition) is 4. The molecule has 4 N–H and O–H groups in total. The molecule has 1 amide bonds. The molecule has 0 aliphatic rings. The molecule has 0 saturated carbocycles. The minimum Gasteiger partial charge on any atom is -0.478 e. The number of carbonyl (C=O) groups is 2. The predicted molar refractivity (Wildman–Crippen MR) is 72.0 cm³/mol. The lowest BCUT2D eigenvalue weighted by atomic mass is 10.1. The van der Waals surface area contributed by atoms with Crippen molar-refractivity contribution in [3.8, 4) is 0 Å². The number of amides is 1.